The maximum atomic E-state index is 13.4. The van der Waals surface area contributed by atoms with E-state index in [2.05, 4.69) is 15.3 Å². The van der Waals surface area contributed by atoms with Gasteiger partial charge < -0.3 is 0 Å². The summed E-state index contributed by atoms with van der Waals surface area (Å²) in [6.07, 6.45) is -3.74. The number of nitrogens with zero attached hydrogens (tertiary/aromatic N) is 2. The van der Waals surface area contributed by atoms with Crippen molar-refractivity contribution in [3.63, 3.8) is 0 Å². The summed E-state index contributed by atoms with van der Waals surface area (Å²) in [6, 6.07) is 8.36. The lowest BCUT2D eigenvalue weighted by atomic mass is 10.2. The van der Waals surface area contributed by atoms with E-state index in [0.29, 0.717) is 0 Å². The standard InChI is InChI=1S/C17H10Cl2F3N3O3S2/c18-10-5-4-9(11(19)7-10)8-30(27,28)15-13(17(20,21)22)24-16(29-15)25-14(26)12-3-1-2-6-23-12/h1-7H,8H2,(H,24,25,26). The molecule has 2 aromatic heterocycles. The Morgan fingerprint density at radius 3 is 2.50 bits per heavy atom. The number of hydrogen-bond donors (Lipinski definition) is 1. The number of rotatable bonds is 5. The van der Waals surface area contributed by atoms with Crippen LogP contribution < -0.4 is 5.32 Å². The Labute approximate surface area is 182 Å². The second-order valence-electron chi connectivity index (χ2n) is 5.82. The van der Waals surface area contributed by atoms with Crippen LogP contribution in [0.2, 0.25) is 10.0 Å². The molecule has 0 fully saturated rings. The molecule has 158 valence electrons. The maximum Gasteiger partial charge on any atom is 0.435 e. The van der Waals surface area contributed by atoms with Crippen LogP contribution in [0.4, 0.5) is 18.3 Å². The van der Waals surface area contributed by atoms with Crippen LogP contribution in [0, 0.1) is 0 Å². The predicted octanol–water partition coefficient (Wildman–Crippen LogP) is 5.09. The fourth-order valence-corrected chi connectivity index (χ4v) is 5.76. The average Bonchev–Trinajstić information content (AvgIpc) is 3.10. The number of amides is 1. The van der Waals surface area contributed by atoms with Gasteiger partial charge in [-0.15, -0.1) is 0 Å². The van der Waals surface area contributed by atoms with Crippen molar-refractivity contribution in [2.24, 2.45) is 0 Å². The Morgan fingerprint density at radius 1 is 1.17 bits per heavy atom. The molecular formula is C17H10Cl2F3N3O3S2. The molecule has 0 saturated heterocycles. The van der Waals surface area contributed by atoms with Crippen LogP contribution in [0.15, 0.2) is 46.8 Å². The van der Waals surface area contributed by atoms with Crippen molar-refractivity contribution in [1.29, 1.82) is 0 Å². The second kappa shape index (κ2) is 8.50. The van der Waals surface area contributed by atoms with Gasteiger partial charge >= 0.3 is 6.18 Å². The lowest BCUT2D eigenvalue weighted by Crippen LogP contribution is -2.15. The predicted molar refractivity (Wildman–Crippen MR) is 107 cm³/mol. The van der Waals surface area contributed by atoms with E-state index in [9.17, 15) is 26.4 Å². The third-order valence-corrected chi connectivity index (χ3v) is 7.44. The number of benzene rings is 1. The van der Waals surface area contributed by atoms with Crippen molar-refractivity contribution < 1.29 is 26.4 Å². The minimum Gasteiger partial charge on any atom is -0.296 e. The molecule has 2 heterocycles. The quantitative estimate of drug-likeness (QED) is 0.532. The first-order valence-electron chi connectivity index (χ1n) is 7.94. The van der Waals surface area contributed by atoms with Gasteiger partial charge in [-0.2, -0.15) is 13.2 Å². The Morgan fingerprint density at radius 2 is 1.90 bits per heavy atom. The zero-order valence-electron chi connectivity index (χ0n) is 14.6. The van der Waals surface area contributed by atoms with Crippen LogP contribution >= 0.6 is 34.5 Å². The summed E-state index contributed by atoms with van der Waals surface area (Å²) in [7, 11) is -4.50. The summed E-state index contributed by atoms with van der Waals surface area (Å²) in [5.41, 5.74) is -1.62. The Balaban J connectivity index is 1.97. The lowest BCUT2D eigenvalue weighted by Gasteiger charge is -2.08. The molecule has 1 aromatic carbocycles. The third-order valence-electron chi connectivity index (χ3n) is 3.63. The lowest BCUT2D eigenvalue weighted by molar-refractivity contribution is -0.142. The Hall–Kier alpha value is -2.21. The van der Waals surface area contributed by atoms with Crippen molar-refractivity contribution in [3.05, 3.63) is 69.6 Å². The van der Waals surface area contributed by atoms with Crippen molar-refractivity contribution in [3.8, 4) is 0 Å². The second-order valence-corrected chi connectivity index (χ2v) is 9.84. The van der Waals surface area contributed by atoms with Gasteiger partial charge in [-0.1, -0.05) is 46.7 Å². The van der Waals surface area contributed by atoms with E-state index in [-0.39, 0.29) is 32.6 Å². The first-order valence-corrected chi connectivity index (χ1v) is 11.2. The molecule has 0 aliphatic heterocycles. The topological polar surface area (TPSA) is 89.0 Å². The number of alkyl halides is 3. The number of thiazole rings is 1. The van der Waals surface area contributed by atoms with E-state index >= 15 is 0 Å². The highest BCUT2D eigenvalue weighted by molar-refractivity contribution is 7.92. The first kappa shape index (κ1) is 22.5. The number of halogens is 5. The molecule has 6 nitrogen and oxygen atoms in total. The SMILES string of the molecule is O=C(Nc1nc(C(F)(F)F)c(S(=O)(=O)Cc2ccc(Cl)cc2Cl)s1)c1ccccn1. The van der Waals surface area contributed by atoms with Gasteiger partial charge in [0.05, 0.1) is 5.75 Å². The van der Waals surface area contributed by atoms with Gasteiger partial charge in [0.1, 0.15) is 5.69 Å². The van der Waals surface area contributed by atoms with Crippen LogP contribution in [0.3, 0.4) is 0 Å². The summed E-state index contributed by atoms with van der Waals surface area (Å²) in [6.45, 7) is 0. The molecule has 0 aliphatic rings. The number of pyridine rings is 1. The van der Waals surface area contributed by atoms with Gasteiger partial charge in [-0.25, -0.2) is 13.4 Å². The number of hydrogen-bond acceptors (Lipinski definition) is 6. The molecular weight excluding hydrogens is 486 g/mol. The molecule has 13 heteroatoms. The van der Waals surface area contributed by atoms with Crippen molar-refractivity contribution >= 4 is 55.4 Å². The molecule has 0 radical (unpaired) electrons. The van der Waals surface area contributed by atoms with Crippen LogP contribution in [0.1, 0.15) is 21.7 Å². The van der Waals surface area contributed by atoms with Gasteiger partial charge in [0.25, 0.3) is 5.91 Å². The van der Waals surface area contributed by atoms with Crippen LogP contribution in [0.5, 0.6) is 0 Å². The van der Waals surface area contributed by atoms with Gasteiger partial charge in [-0.3, -0.25) is 15.1 Å². The highest BCUT2D eigenvalue weighted by Gasteiger charge is 2.42. The van der Waals surface area contributed by atoms with E-state index in [1.165, 1.54) is 36.5 Å². The van der Waals surface area contributed by atoms with Gasteiger partial charge in [0, 0.05) is 16.2 Å². The molecule has 30 heavy (non-hydrogen) atoms. The molecule has 0 unspecified atom stereocenters. The normalized spacial score (nSPS) is 12.0. The average molecular weight is 496 g/mol. The summed E-state index contributed by atoms with van der Waals surface area (Å²) in [4.78, 5) is 19.2. The third kappa shape index (κ3) is 5.09. The number of carbonyl (C=O) groups excluding carboxylic acids is 1. The molecule has 0 aliphatic carbocycles. The number of carbonyl (C=O) groups is 1. The van der Waals surface area contributed by atoms with E-state index < -0.39 is 42.7 Å². The van der Waals surface area contributed by atoms with Crippen molar-refractivity contribution in [1.82, 2.24) is 9.97 Å². The largest absolute Gasteiger partial charge is 0.435 e. The molecule has 1 N–H and O–H groups in total. The molecule has 0 bridgehead atoms. The minimum absolute atomic E-state index is 0.00664. The number of sulfone groups is 1. The number of aromatic nitrogens is 2. The zero-order chi connectivity index (χ0) is 22.1. The van der Waals surface area contributed by atoms with Crippen LogP contribution in [0.25, 0.3) is 0 Å². The minimum atomic E-state index is -5.06. The van der Waals surface area contributed by atoms with Crippen molar-refractivity contribution in [2.75, 3.05) is 5.32 Å². The molecule has 0 saturated carbocycles. The van der Waals surface area contributed by atoms with Crippen LogP contribution in [-0.4, -0.2) is 24.3 Å². The molecule has 0 spiro atoms. The molecule has 0 atom stereocenters. The fourth-order valence-electron chi connectivity index (χ4n) is 2.32. The summed E-state index contributed by atoms with van der Waals surface area (Å²) < 4.78 is 64.7. The molecule has 3 rings (SSSR count). The smallest absolute Gasteiger partial charge is 0.296 e. The van der Waals surface area contributed by atoms with Gasteiger partial charge in [0.15, 0.2) is 24.9 Å². The molecule has 1 amide bonds. The summed E-state index contributed by atoms with van der Waals surface area (Å²) in [5, 5.41) is 1.85. The van der Waals surface area contributed by atoms with Crippen molar-refractivity contribution in [2.45, 2.75) is 16.1 Å². The number of anilines is 1. The zero-order valence-corrected chi connectivity index (χ0v) is 17.7. The Kier molecular flexibility index (Phi) is 6.37. The van der Waals surface area contributed by atoms with Crippen LogP contribution in [-0.2, 0) is 21.8 Å². The summed E-state index contributed by atoms with van der Waals surface area (Å²) >= 11 is 11.9. The fraction of sp³-hybridized carbons (Fsp3) is 0.118. The maximum absolute atomic E-state index is 13.4. The van der Waals surface area contributed by atoms with Gasteiger partial charge in [-0.05, 0) is 29.8 Å². The highest BCUT2D eigenvalue weighted by Crippen LogP contribution is 2.40. The Bertz CT molecular complexity index is 1200. The van der Waals surface area contributed by atoms with E-state index in [4.69, 9.17) is 23.2 Å². The molecule has 3 aromatic rings. The van der Waals surface area contributed by atoms with E-state index in [1.54, 1.807) is 6.07 Å². The van der Waals surface area contributed by atoms with E-state index in [1.807, 2.05) is 0 Å². The van der Waals surface area contributed by atoms with E-state index in [0.717, 1.165) is 0 Å². The van der Waals surface area contributed by atoms with Gasteiger partial charge in [0.2, 0.25) is 0 Å². The summed E-state index contributed by atoms with van der Waals surface area (Å²) in [5.74, 6) is -1.63. The monoisotopic (exact) mass is 495 g/mol. The highest BCUT2D eigenvalue weighted by atomic mass is 35.5. The number of nitrogens with one attached hydrogen (secondary N) is 1. The first-order chi connectivity index (χ1) is 14.0.